The van der Waals surface area contributed by atoms with Gasteiger partial charge in [0.15, 0.2) is 0 Å². The monoisotopic (exact) mass is 467 g/mol. The van der Waals surface area contributed by atoms with E-state index in [1.807, 2.05) is 0 Å². The zero-order chi connectivity index (χ0) is 24.8. The Balaban J connectivity index is 3.31. The number of amides is 1. The zero-order valence-electron chi connectivity index (χ0n) is 23.9. The van der Waals surface area contributed by atoms with Crippen LogP contribution in [-0.2, 0) is 4.79 Å². The van der Waals surface area contributed by atoms with E-state index in [4.69, 9.17) is 0 Å². The number of hydrogen-bond donors (Lipinski definition) is 1. The van der Waals surface area contributed by atoms with Crippen LogP contribution in [-0.4, -0.2) is 44.6 Å². The highest BCUT2D eigenvalue weighted by Gasteiger charge is 2.26. The molecule has 0 bridgehead atoms. The first-order chi connectivity index (χ1) is 15.7. The maximum Gasteiger partial charge on any atom is 0.220 e. The molecule has 0 aromatic rings. The highest BCUT2D eigenvalue weighted by Crippen LogP contribution is 2.18. The van der Waals surface area contributed by atoms with E-state index in [1.54, 1.807) is 0 Å². The minimum atomic E-state index is 0.140. The van der Waals surface area contributed by atoms with Crippen LogP contribution in [0.25, 0.3) is 0 Å². The fourth-order valence-electron chi connectivity index (χ4n) is 5.13. The number of unbranched alkanes of at least 4 members (excludes halogenated alkanes) is 18. The Hall–Kier alpha value is -0.570. The molecule has 0 aromatic carbocycles. The molecular weight excluding hydrogens is 404 g/mol. The van der Waals surface area contributed by atoms with Crippen molar-refractivity contribution in [1.29, 1.82) is 0 Å². The van der Waals surface area contributed by atoms with E-state index in [2.05, 4.69) is 47.2 Å². The lowest BCUT2D eigenvalue weighted by molar-refractivity contribution is -0.876. The van der Waals surface area contributed by atoms with E-state index >= 15 is 0 Å². The van der Waals surface area contributed by atoms with Gasteiger partial charge in [-0.25, -0.2) is 0 Å². The molecule has 0 fully saturated rings. The Labute approximate surface area is 209 Å². The molecule has 0 aliphatic heterocycles. The quantitative estimate of drug-likeness (QED) is 0.112. The van der Waals surface area contributed by atoms with Gasteiger partial charge in [0.05, 0.1) is 27.7 Å². The molecule has 0 aliphatic rings. The van der Waals surface area contributed by atoms with Gasteiger partial charge in [0, 0.05) is 18.4 Å². The van der Waals surface area contributed by atoms with Gasteiger partial charge in [-0.2, -0.15) is 0 Å². The summed E-state index contributed by atoms with van der Waals surface area (Å²) in [6, 6.07) is 0. The molecule has 0 aromatic heterocycles. The molecule has 0 rings (SSSR count). The molecule has 0 unspecified atom stereocenters. The van der Waals surface area contributed by atoms with E-state index in [-0.39, 0.29) is 11.3 Å². The molecule has 1 N–H and O–H groups in total. The van der Waals surface area contributed by atoms with Crippen molar-refractivity contribution < 1.29 is 9.28 Å². The summed E-state index contributed by atoms with van der Waals surface area (Å²) in [6.45, 7) is 8.62. The summed E-state index contributed by atoms with van der Waals surface area (Å²) in [5, 5.41) is 3.16. The predicted molar refractivity (Wildman–Crippen MR) is 148 cm³/mol. The summed E-state index contributed by atoms with van der Waals surface area (Å²) in [7, 11) is 6.63. The van der Waals surface area contributed by atoms with Gasteiger partial charge in [0.2, 0.25) is 5.91 Å². The van der Waals surface area contributed by atoms with Crippen LogP contribution in [0.3, 0.4) is 0 Å². The van der Waals surface area contributed by atoms with E-state index in [9.17, 15) is 4.79 Å². The first-order valence-electron chi connectivity index (χ1n) is 14.7. The Kier molecular flexibility index (Phi) is 20.4. The van der Waals surface area contributed by atoms with Crippen LogP contribution < -0.4 is 5.32 Å². The average molecular weight is 468 g/mol. The van der Waals surface area contributed by atoms with Crippen LogP contribution in [0, 0.1) is 5.41 Å². The molecule has 3 heteroatoms. The third kappa shape index (κ3) is 25.9. The number of carbonyl (C=O) groups excluding carboxylic acids is 1. The van der Waals surface area contributed by atoms with Gasteiger partial charge < -0.3 is 9.80 Å². The third-order valence-corrected chi connectivity index (χ3v) is 6.67. The lowest BCUT2D eigenvalue weighted by atomic mass is 9.92. The van der Waals surface area contributed by atoms with Crippen LogP contribution in [0.2, 0.25) is 0 Å². The number of nitrogens with zero attached hydrogens (tertiary/aromatic N) is 1. The standard InChI is InChI=1S/C30H62N2O/c1-7-8-9-10-11-12-13-14-15-16-17-18-19-20-21-22-23-24-25-26-29(33)31-27-30(2,3)28-32(4,5)6/h7-28H2,1-6H3/p+1. The van der Waals surface area contributed by atoms with Gasteiger partial charge >= 0.3 is 0 Å². The smallest absolute Gasteiger partial charge is 0.220 e. The topological polar surface area (TPSA) is 29.1 Å². The molecule has 3 nitrogen and oxygen atoms in total. The SMILES string of the molecule is CCCCCCCCCCCCCCCCCCCCCC(=O)NCC(C)(C)C[N+](C)(C)C. The maximum absolute atomic E-state index is 12.1. The second kappa shape index (κ2) is 20.8. The predicted octanol–water partition coefficient (Wildman–Crippen LogP) is 8.66. The van der Waals surface area contributed by atoms with Gasteiger partial charge in [0.1, 0.15) is 0 Å². The second-order valence-electron chi connectivity index (χ2n) is 12.5. The van der Waals surface area contributed by atoms with E-state index in [0.717, 1.165) is 24.0 Å². The largest absolute Gasteiger partial charge is 0.355 e. The first kappa shape index (κ1) is 32.4. The van der Waals surface area contributed by atoms with Crippen molar-refractivity contribution in [3.63, 3.8) is 0 Å². The highest BCUT2D eigenvalue weighted by atomic mass is 16.1. The Morgan fingerprint density at radius 1 is 0.606 bits per heavy atom. The number of hydrogen-bond acceptors (Lipinski definition) is 1. The highest BCUT2D eigenvalue weighted by molar-refractivity contribution is 5.75. The van der Waals surface area contributed by atoms with Crippen molar-refractivity contribution in [2.24, 2.45) is 5.41 Å². The molecule has 198 valence electrons. The van der Waals surface area contributed by atoms with Crippen molar-refractivity contribution in [2.45, 2.75) is 149 Å². The van der Waals surface area contributed by atoms with E-state index in [0.29, 0.717) is 6.42 Å². The van der Waals surface area contributed by atoms with Gasteiger partial charge in [0.25, 0.3) is 0 Å². The maximum atomic E-state index is 12.1. The van der Waals surface area contributed by atoms with Crippen molar-refractivity contribution in [3.05, 3.63) is 0 Å². The van der Waals surface area contributed by atoms with Crippen molar-refractivity contribution >= 4 is 5.91 Å². The molecule has 0 radical (unpaired) electrons. The summed E-state index contributed by atoms with van der Waals surface area (Å²) in [5.74, 6) is 0.233. The summed E-state index contributed by atoms with van der Waals surface area (Å²) < 4.78 is 0.933. The van der Waals surface area contributed by atoms with Crippen LogP contribution in [0.1, 0.15) is 149 Å². The van der Waals surface area contributed by atoms with Gasteiger partial charge in [-0.3, -0.25) is 4.79 Å². The summed E-state index contributed by atoms with van der Waals surface area (Å²) in [5.41, 5.74) is 0.140. The number of rotatable bonds is 24. The van der Waals surface area contributed by atoms with Crippen molar-refractivity contribution in [1.82, 2.24) is 5.32 Å². The lowest BCUT2D eigenvalue weighted by Crippen LogP contribution is -2.47. The summed E-state index contributed by atoms with van der Waals surface area (Å²) in [4.78, 5) is 12.1. The van der Waals surface area contributed by atoms with Crippen LogP contribution in [0.5, 0.6) is 0 Å². The Morgan fingerprint density at radius 2 is 0.939 bits per heavy atom. The summed E-state index contributed by atoms with van der Waals surface area (Å²) in [6.07, 6.45) is 27.1. The van der Waals surface area contributed by atoms with Gasteiger partial charge in [-0.05, 0) is 6.42 Å². The Morgan fingerprint density at radius 3 is 1.27 bits per heavy atom. The lowest BCUT2D eigenvalue weighted by Gasteiger charge is -2.34. The molecule has 0 heterocycles. The van der Waals surface area contributed by atoms with Crippen LogP contribution in [0.15, 0.2) is 0 Å². The second-order valence-corrected chi connectivity index (χ2v) is 12.5. The molecule has 0 spiro atoms. The zero-order valence-corrected chi connectivity index (χ0v) is 23.9. The van der Waals surface area contributed by atoms with Crippen LogP contribution in [0.4, 0.5) is 0 Å². The molecule has 0 saturated heterocycles. The van der Waals surface area contributed by atoms with Crippen LogP contribution >= 0.6 is 0 Å². The molecule has 33 heavy (non-hydrogen) atoms. The number of carbonyl (C=O) groups is 1. The minimum Gasteiger partial charge on any atom is -0.355 e. The van der Waals surface area contributed by atoms with Gasteiger partial charge in [-0.1, -0.05) is 136 Å². The fraction of sp³-hybridized carbons (Fsp3) is 0.967. The first-order valence-corrected chi connectivity index (χ1v) is 14.7. The number of quaternary nitrogens is 1. The Bertz CT molecular complexity index is 439. The molecular formula is C30H63N2O+. The van der Waals surface area contributed by atoms with Crippen molar-refractivity contribution in [2.75, 3.05) is 34.2 Å². The van der Waals surface area contributed by atoms with Crippen molar-refractivity contribution in [3.8, 4) is 0 Å². The number of nitrogens with one attached hydrogen (secondary N) is 1. The third-order valence-electron chi connectivity index (χ3n) is 6.67. The molecule has 0 atom stereocenters. The molecule has 1 amide bonds. The minimum absolute atomic E-state index is 0.140. The summed E-state index contributed by atoms with van der Waals surface area (Å²) >= 11 is 0. The van der Waals surface area contributed by atoms with E-state index < -0.39 is 0 Å². The van der Waals surface area contributed by atoms with E-state index in [1.165, 1.54) is 116 Å². The molecule has 0 saturated carbocycles. The molecule has 0 aliphatic carbocycles. The normalized spacial score (nSPS) is 12.3. The van der Waals surface area contributed by atoms with Gasteiger partial charge in [-0.15, -0.1) is 0 Å². The average Bonchev–Trinajstić information content (AvgIpc) is 2.72. The fourth-order valence-corrected chi connectivity index (χ4v) is 5.13.